The molecule has 0 bridgehead atoms. The summed E-state index contributed by atoms with van der Waals surface area (Å²) < 4.78 is 6.30. The number of hydrogen-bond acceptors (Lipinski definition) is 4. The summed E-state index contributed by atoms with van der Waals surface area (Å²) in [7, 11) is 0. The van der Waals surface area contributed by atoms with Gasteiger partial charge < -0.3 is 10.1 Å². The summed E-state index contributed by atoms with van der Waals surface area (Å²) in [6.45, 7) is 1.58. The highest BCUT2D eigenvalue weighted by Gasteiger charge is 2.17. The van der Waals surface area contributed by atoms with Crippen LogP contribution in [0.4, 0.5) is 5.69 Å². The summed E-state index contributed by atoms with van der Waals surface area (Å²) in [5, 5.41) is 11.5. The fourth-order valence-corrected chi connectivity index (χ4v) is 2.25. The third kappa shape index (κ3) is 4.41. The summed E-state index contributed by atoms with van der Waals surface area (Å²) in [5.74, 6) is -0.0449. The Morgan fingerprint density at radius 1 is 1.35 bits per heavy atom. The number of nitrogens with one attached hydrogen (secondary N) is 1. The maximum Gasteiger partial charge on any atom is 0.265 e. The van der Waals surface area contributed by atoms with Crippen molar-refractivity contribution in [2.75, 3.05) is 5.32 Å². The molecule has 1 amide bonds. The maximum atomic E-state index is 12.2. The van der Waals surface area contributed by atoms with Crippen LogP contribution in [-0.2, 0) is 4.79 Å². The van der Waals surface area contributed by atoms with Crippen LogP contribution in [0.25, 0.3) is 0 Å². The lowest BCUT2D eigenvalue weighted by molar-refractivity contribution is -0.122. The first-order chi connectivity index (χ1) is 11.0. The molecule has 116 valence electrons. The summed E-state index contributed by atoms with van der Waals surface area (Å²) >= 11 is 3.27. The molecule has 0 fully saturated rings. The number of ether oxygens (including phenoxy) is 1. The van der Waals surface area contributed by atoms with Crippen molar-refractivity contribution in [1.82, 2.24) is 0 Å². The van der Waals surface area contributed by atoms with Crippen molar-refractivity contribution in [3.63, 3.8) is 0 Å². The molecule has 0 unspecified atom stereocenters. The van der Waals surface area contributed by atoms with E-state index in [1.165, 1.54) is 0 Å². The Morgan fingerprint density at radius 3 is 2.83 bits per heavy atom. The number of benzene rings is 2. The molecule has 2 aromatic rings. The summed E-state index contributed by atoms with van der Waals surface area (Å²) in [6.07, 6.45) is -0.137. The third-order valence-corrected chi connectivity index (χ3v) is 3.52. The standard InChI is InChI=1S/C17H13BrN2O3/c1-11(23-16-6-5-14(18)8-13(16)10-21)17(22)20-15-4-2-3-12(7-15)9-19/h2-8,10-11H,1H3,(H,20,22)/t11-/m0/s1. The van der Waals surface area contributed by atoms with Crippen LogP contribution < -0.4 is 10.1 Å². The Bertz CT molecular complexity index is 784. The zero-order chi connectivity index (χ0) is 16.8. The number of nitriles is 1. The Balaban J connectivity index is 2.08. The fourth-order valence-electron chi connectivity index (χ4n) is 1.87. The van der Waals surface area contributed by atoms with E-state index in [2.05, 4.69) is 21.2 Å². The lowest BCUT2D eigenvalue weighted by Gasteiger charge is -2.16. The van der Waals surface area contributed by atoms with Crippen LogP contribution in [0.2, 0.25) is 0 Å². The molecule has 0 aliphatic rings. The molecular formula is C17H13BrN2O3. The van der Waals surface area contributed by atoms with Crippen LogP contribution in [0.1, 0.15) is 22.8 Å². The SMILES string of the molecule is C[C@H](Oc1ccc(Br)cc1C=O)C(=O)Nc1cccc(C#N)c1. The topological polar surface area (TPSA) is 79.2 Å². The number of halogens is 1. The van der Waals surface area contributed by atoms with Gasteiger partial charge in [-0.3, -0.25) is 9.59 Å². The minimum absolute atomic E-state index is 0.330. The largest absolute Gasteiger partial charge is 0.480 e. The smallest absolute Gasteiger partial charge is 0.265 e. The predicted molar refractivity (Wildman–Crippen MR) is 89.4 cm³/mol. The van der Waals surface area contributed by atoms with E-state index in [-0.39, 0.29) is 5.91 Å². The number of aldehydes is 1. The van der Waals surface area contributed by atoms with Crippen molar-refractivity contribution >= 4 is 33.8 Å². The average Bonchev–Trinajstić information content (AvgIpc) is 2.56. The first-order valence-corrected chi connectivity index (χ1v) is 7.55. The molecular weight excluding hydrogens is 360 g/mol. The first-order valence-electron chi connectivity index (χ1n) is 6.76. The second-order valence-electron chi connectivity index (χ2n) is 4.74. The van der Waals surface area contributed by atoms with Crippen molar-refractivity contribution in [3.8, 4) is 11.8 Å². The molecule has 0 radical (unpaired) electrons. The van der Waals surface area contributed by atoms with Gasteiger partial charge in [-0.05, 0) is 43.3 Å². The fraction of sp³-hybridized carbons (Fsp3) is 0.118. The normalized spacial score (nSPS) is 11.2. The molecule has 0 spiro atoms. The second kappa shape index (κ2) is 7.56. The lowest BCUT2D eigenvalue weighted by Crippen LogP contribution is -2.30. The molecule has 0 aliphatic carbocycles. The van der Waals surface area contributed by atoms with Crippen LogP contribution >= 0.6 is 15.9 Å². The van der Waals surface area contributed by atoms with Crippen molar-refractivity contribution in [3.05, 3.63) is 58.1 Å². The number of nitrogens with zero attached hydrogens (tertiary/aromatic N) is 1. The van der Waals surface area contributed by atoms with Crippen LogP contribution in [0.15, 0.2) is 46.9 Å². The second-order valence-corrected chi connectivity index (χ2v) is 5.66. The zero-order valence-electron chi connectivity index (χ0n) is 12.2. The molecule has 2 rings (SSSR count). The average molecular weight is 373 g/mol. The highest BCUT2D eigenvalue weighted by molar-refractivity contribution is 9.10. The third-order valence-electron chi connectivity index (χ3n) is 3.03. The van der Waals surface area contributed by atoms with Gasteiger partial charge in [-0.15, -0.1) is 0 Å². The van der Waals surface area contributed by atoms with Gasteiger partial charge in [-0.2, -0.15) is 5.26 Å². The van der Waals surface area contributed by atoms with Crippen molar-refractivity contribution in [1.29, 1.82) is 5.26 Å². The minimum Gasteiger partial charge on any atom is -0.480 e. The van der Waals surface area contributed by atoms with Crippen LogP contribution in [0.5, 0.6) is 5.75 Å². The minimum atomic E-state index is -0.805. The monoisotopic (exact) mass is 372 g/mol. The van der Waals surface area contributed by atoms with Crippen LogP contribution in [0, 0.1) is 11.3 Å². The zero-order valence-corrected chi connectivity index (χ0v) is 13.8. The highest BCUT2D eigenvalue weighted by Crippen LogP contribution is 2.23. The molecule has 2 aromatic carbocycles. The van der Waals surface area contributed by atoms with Gasteiger partial charge in [-0.1, -0.05) is 22.0 Å². The van der Waals surface area contributed by atoms with Gasteiger partial charge in [0.2, 0.25) is 0 Å². The van der Waals surface area contributed by atoms with E-state index in [0.717, 1.165) is 4.47 Å². The molecule has 1 N–H and O–H groups in total. The molecule has 1 atom stereocenters. The molecule has 0 heterocycles. The maximum absolute atomic E-state index is 12.2. The first kappa shape index (κ1) is 16.7. The Kier molecular flexibility index (Phi) is 5.50. The van der Waals surface area contributed by atoms with Gasteiger partial charge in [-0.25, -0.2) is 0 Å². The number of anilines is 1. The Labute approximate surface area is 142 Å². The van der Waals surface area contributed by atoms with Gasteiger partial charge in [0.15, 0.2) is 12.4 Å². The summed E-state index contributed by atoms with van der Waals surface area (Å²) in [5.41, 5.74) is 1.31. The molecule has 0 aromatic heterocycles. The number of hydrogen-bond donors (Lipinski definition) is 1. The Morgan fingerprint density at radius 2 is 2.13 bits per heavy atom. The number of amides is 1. The van der Waals surface area contributed by atoms with Gasteiger partial charge in [0.1, 0.15) is 5.75 Å². The van der Waals surface area contributed by atoms with Crippen LogP contribution in [0.3, 0.4) is 0 Å². The van der Waals surface area contributed by atoms with Crippen molar-refractivity contribution in [2.24, 2.45) is 0 Å². The highest BCUT2D eigenvalue weighted by atomic mass is 79.9. The van der Waals surface area contributed by atoms with E-state index in [1.807, 2.05) is 6.07 Å². The number of rotatable bonds is 5. The molecule has 0 saturated heterocycles. The summed E-state index contributed by atoms with van der Waals surface area (Å²) in [6, 6.07) is 13.5. The molecule has 23 heavy (non-hydrogen) atoms. The van der Waals surface area contributed by atoms with Crippen molar-refractivity contribution < 1.29 is 14.3 Å². The van der Waals surface area contributed by atoms with E-state index in [9.17, 15) is 9.59 Å². The van der Waals surface area contributed by atoms with Gasteiger partial charge in [0.05, 0.1) is 17.2 Å². The van der Waals surface area contributed by atoms with Gasteiger partial charge in [0, 0.05) is 10.2 Å². The van der Waals surface area contributed by atoms with E-state index in [0.29, 0.717) is 28.8 Å². The molecule has 0 aliphatic heterocycles. The number of carbonyl (C=O) groups is 2. The van der Waals surface area contributed by atoms with Crippen molar-refractivity contribution in [2.45, 2.75) is 13.0 Å². The molecule has 0 saturated carbocycles. The van der Waals surface area contributed by atoms with Gasteiger partial charge >= 0.3 is 0 Å². The van der Waals surface area contributed by atoms with E-state index in [1.54, 1.807) is 49.4 Å². The van der Waals surface area contributed by atoms with E-state index < -0.39 is 6.10 Å². The predicted octanol–water partition coefficient (Wildman–Crippen LogP) is 3.54. The summed E-state index contributed by atoms with van der Waals surface area (Å²) in [4.78, 5) is 23.2. The molecule has 6 heteroatoms. The van der Waals surface area contributed by atoms with E-state index in [4.69, 9.17) is 10.00 Å². The van der Waals surface area contributed by atoms with Gasteiger partial charge in [0.25, 0.3) is 5.91 Å². The lowest BCUT2D eigenvalue weighted by atomic mass is 10.2. The van der Waals surface area contributed by atoms with E-state index >= 15 is 0 Å². The Hall–Kier alpha value is -2.65. The number of carbonyl (C=O) groups excluding carboxylic acids is 2. The molecule has 5 nitrogen and oxygen atoms in total. The van der Waals surface area contributed by atoms with Crippen LogP contribution in [-0.4, -0.2) is 18.3 Å². The quantitative estimate of drug-likeness (QED) is 0.814.